The third-order valence-electron chi connectivity index (χ3n) is 2.90. The molecule has 0 spiro atoms. The van der Waals surface area contributed by atoms with E-state index in [2.05, 4.69) is 10.2 Å². The van der Waals surface area contributed by atoms with Gasteiger partial charge in [0.05, 0.1) is 0 Å². The number of hydrogen-bond donors (Lipinski definition) is 1. The molecule has 1 N–H and O–H groups in total. The average Bonchev–Trinajstić information content (AvgIpc) is 3.05. The van der Waals surface area contributed by atoms with Gasteiger partial charge in [0.1, 0.15) is 5.82 Å². The van der Waals surface area contributed by atoms with E-state index in [-0.39, 0.29) is 5.82 Å². The van der Waals surface area contributed by atoms with Crippen molar-refractivity contribution in [1.29, 1.82) is 0 Å². The second-order valence-corrected chi connectivity index (χ2v) is 4.56. The van der Waals surface area contributed by atoms with Crippen LogP contribution in [0.5, 0.6) is 0 Å². The van der Waals surface area contributed by atoms with Crippen molar-refractivity contribution in [3.05, 3.63) is 35.6 Å². The van der Waals surface area contributed by atoms with Crippen LogP contribution in [0.3, 0.4) is 0 Å². The van der Waals surface area contributed by atoms with Crippen LogP contribution in [0.1, 0.15) is 18.4 Å². The standard InChI is InChI=1S/C13H19FN2/c1-16(9-8-15-12-6-7-12)10-11-4-2-3-5-13(11)14/h2-5,12,15H,6-10H2,1H3. The lowest BCUT2D eigenvalue weighted by molar-refractivity contribution is 0.318. The van der Waals surface area contributed by atoms with Crippen LogP contribution in [0.2, 0.25) is 0 Å². The minimum absolute atomic E-state index is 0.107. The van der Waals surface area contributed by atoms with E-state index in [1.807, 2.05) is 19.2 Å². The highest BCUT2D eigenvalue weighted by Gasteiger charge is 2.19. The summed E-state index contributed by atoms with van der Waals surface area (Å²) in [6, 6.07) is 7.73. The zero-order valence-corrected chi connectivity index (χ0v) is 9.75. The fourth-order valence-corrected chi connectivity index (χ4v) is 1.74. The molecule has 16 heavy (non-hydrogen) atoms. The molecule has 0 aliphatic heterocycles. The van der Waals surface area contributed by atoms with Crippen LogP contribution in [-0.2, 0) is 6.54 Å². The fourth-order valence-electron chi connectivity index (χ4n) is 1.74. The maximum Gasteiger partial charge on any atom is 0.127 e. The normalized spacial score (nSPS) is 15.7. The van der Waals surface area contributed by atoms with Crippen molar-refractivity contribution in [2.24, 2.45) is 0 Å². The number of likely N-dealkylation sites (N-methyl/N-ethyl adjacent to an activating group) is 1. The molecule has 1 fully saturated rings. The quantitative estimate of drug-likeness (QED) is 0.792. The molecule has 1 aliphatic carbocycles. The SMILES string of the molecule is CN(CCNC1CC1)Cc1ccccc1F. The Kier molecular flexibility index (Phi) is 3.91. The average molecular weight is 222 g/mol. The van der Waals surface area contributed by atoms with Crippen LogP contribution in [0.4, 0.5) is 4.39 Å². The molecule has 1 aromatic rings. The molecule has 0 unspecified atom stereocenters. The molecule has 2 nitrogen and oxygen atoms in total. The van der Waals surface area contributed by atoms with Gasteiger partial charge in [-0.1, -0.05) is 18.2 Å². The second kappa shape index (κ2) is 5.41. The lowest BCUT2D eigenvalue weighted by Gasteiger charge is -2.17. The monoisotopic (exact) mass is 222 g/mol. The summed E-state index contributed by atoms with van der Waals surface area (Å²) in [4.78, 5) is 2.15. The second-order valence-electron chi connectivity index (χ2n) is 4.56. The lowest BCUT2D eigenvalue weighted by Crippen LogP contribution is -2.30. The van der Waals surface area contributed by atoms with Crippen LogP contribution >= 0.6 is 0 Å². The Bertz CT molecular complexity index is 336. The fraction of sp³-hybridized carbons (Fsp3) is 0.538. The molecule has 0 saturated heterocycles. The molecule has 0 amide bonds. The van der Waals surface area contributed by atoms with Gasteiger partial charge in [-0.25, -0.2) is 4.39 Å². The van der Waals surface area contributed by atoms with Crippen molar-refractivity contribution < 1.29 is 4.39 Å². The van der Waals surface area contributed by atoms with E-state index in [1.54, 1.807) is 6.07 Å². The van der Waals surface area contributed by atoms with Crippen molar-refractivity contribution >= 4 is 0 Å². The van der Waals surface area contributed by atoms with Crippen molar-refractivity contribution in [2.75, 3.05) is 20.1 Å². The molecule has 0 aromatic heterocycles. The predicted octanol–water partition coefficient (Wildman–Crippen LogP) is 2.01. The first-order valence-electron chi connectivity index (χ1n) is 5.91. The van der Waals surface area contributed by atoms with Gasteiger partial charge in [-0.05, 0) is 26.0 Å². The summed E-state index contributed by atoms with van der Waals surface area (Å²) in [6.45, 7) is 2.64. The summed E-state index contributed by atoms with van der Waals surface area (Å²) in [7, 11) is 2.03. The minimum Gasteiger partial charge on any atom is -0.313 e. The number of hydrogen-bond acceptors (Lipinski definition) is 2. The lowest BCUT2D eigenvalue weighted by atomic mass is 10.2. The van der Waals surface area contributed by atoms with Crippen molar-refractivity contribution in [3.8, 4) is 0 Å². The number of rotatable bonds is 6. The highest BCUT2D eigenvalue weighted by Crippen LogP contribution is 2.18. The number of nitrogens with zero attached hydrogens (tertiary/aromatic N) is 1. The Morgan fingerprint density at radius 1 is 1.38 bits per heavy atom. The summed E-state index contributed by atoms with van der Waals surface area (Å²) >= 11 is 0. The van der Waals surface area contributed by atoms with Crippen LogP contribution in [-0.4, -0.2) is 31.1 Å². The van der Waals surface area contributed by atoms with Crippen LogP contribution < -0.4 is 5.32 Å². The Hall–Kier alpha value is -0.930. The zero-order chi connectivity index (χ0) is 11.4. The van der Waals surface area contributed by atoms with E-state index in [0.717, 1.165) is 24.7 Å². The van der Waals surface area contributed by atoms with Crippen LogP contribution in [0.15, 0.2) is 24.3 Å². The van der Waals surface area contributed by atoms with Gasteiger partial charge in [-0.2, -0.15) is 0 Å². The number of nitrogens with one attached hydrogen (secondary N) is 1. The van der Waals surface area contributed by atoms with Gasteiger partial charge in [-0.15, -0.1) is 0 Å². The highest BCUT2D eigenvalue weighted by molar-refractivity contribution is 5.16. The molecule has 1 aliphatic rings. The maximum atomic E-state index is 13.4. The molecular formula is C13H19FN2. The van der Waals surface area contributed by atoms with Crippen LogP contribution in [0.25, 0.3) is 0 Å². The van der Waals surface area contributed by atoms with Gasteiger partial charge < -0.3 is 10.2 Å². The highest BCUT2D eigenvalue weighted by atomic mass is 19.1. The molecule has 88 valence electrons. The molecule has 0 radical (unpaired) electrons. The summed E-state index contributed by atoms with van der Waals surface area (Å²) in [5, 5.41) is 3.45. The largest absolute Gasteiger partial charge is 0.313 e. The molecule has 2 rings (SSSR count). The Morgan fingerprint density at radius 2 is 2.12 bits per heavy atom. The third kappa shape index (κ3) is 3.58. The van der Waals surface area contributed by atoms with E-state index in [4.69, 9.17) is 0 Å². The molecular weight excluding hydrogens is 203 g/mol. The van der Waals surface area contributed by atoms with E-state index < -0.39 is 0 Å². The first-order chi connectivity index (χ1) is 7.75. The molecule has 1 aromatic carbocycles. The van der Waals surface area contributed by atoms with Crippen molar-refractivity contribution in [2.45, 2.75) is 25.4 Å². The van der Waals surface area contributed by atoms with E-state index in [0.29, 0.717) is 6.54 Å². The summed E-state index contributed by atoms with van der Waals surface area (Å²) in [6.07, 6.45) is 2.63. The van der Waals surface area contributed by atoms with Gasteiger partial charge in [0.2, 0.25) is 0 Å². The van der Waals surface area contributed by atoms with E-state index >= 15 is 0 Å². The smallest absolute Gasteiger partial charge is 0.127 e. The van der Waals surface area contributed by atoms with Gasteiger partial charge >= 0.3 is 0 Å². The zero-order valence-electron chi connectivity index (χ0n) is 9.75. The maximum absolute atomic E-state index is 13.4. The van der Waals surface area contributed by atoms with Crippen molar-refractivity contribution in [1.82, 2.24) is 10.2 Å². The first kappa shape index (κ1) is 11.6. The van der Waals surface area contributed by atoms with Gasteiger partial charge in [0.25, 0.3) is 0 Å². The van der Waals surface area contributed by atoms with Crippen LogP contribution in [0, 0.1) is 5.82 Å². The number of halogens is 1. The minimum atomic E-state index is -0.107. The molecule has 1 saturated carbocycles. The molecule has 0 heterocycles. The summed E-state index contributed by atoms with van der Waals surface area (Å²) in [5.74, 6) is -0.107. The Balaban J connectivity index is 1.73. The molecule has 0 atom stereocenters. The Labute approximate surface area is 96.5 Å². The predicted molar refractivity (Wildman–Crippen MR) is 63.8 cm³/mol. The van der Waals surface area contributed by atoms with Crippen molar-refractivity contribution in [3.63, 3.8) is 0 Å². The van der Waals surface area contributed by atoms with Gasteiger partial charge in [0, 0.05) is 31.2 Å². The van der Waals surface area contributed by atoms with E-state index in [1.165, 1.54) is 18.9 Å². The molecule has 3 heteroatoms. The topological polar surface area (TPSA) is 15.3 Å². The summed E-state index contributed by atoms with van der Waals surface area (Å²) in [5.41, 5.74) is 0.774. The molecule has 0 bridgehead atoms. The first-order valence-corrected chi connectivity index (χ1v) is 5.91. The van der Waals surface area contributed by atoms with Gasteiger partial charge in [0.15, 0.2) is 0 Å². The third-order valence-corrected chi connectivity index (χ3v) is 2.90. The number of benzene rings is 1. The Morgan fingerprint density at radius 3 is 2.81 bits per heavy atom. The summed E-state index contributed by atoms with van der Waals surface area (Å²) < 4.78 is 13.4. The van der Waals surface area contributed by atoms with Gasteiger partial charge in [-0.3, -0.25) is 0 Å². The van der Waals surface area contributed by atoms with E-state index in [9.17, 15) is 4.39 Å².